The van der Waals surface area contributed by atoms with Gasteiger partial charge in [0, 0.05) is 35.6 Å². The van der Waals surface area contributed by atoms with Crippen molar-refractivity contribution >= 4 is 40.2 Å². The number of amides is 1. The van der Waals surface area contributed by atoms with E-state index < -0.39 is 5.60 Å². The van der Waals surface area contributed by atoms with Gasteiger partial charge in [0.1, 0.15) is 18.0 Å². The van der Waals surface area contributed by atoms with E-state index in [1.54, 1.807) is 11.0 Å². The van der Waals surface area contributed by atoms with Crippen LogP contribution in [0.2, 0.25) is 10.0 Å². The number of carbonyl (C=O) groups excluding carboxylic acids is 1. The van der Waals surface area contributed by atoms with E-state index in [0.29, 0.717) is 49.1 Å². The second-order valence-corrected chi connectivity index (χ2v) is 9.83. The molecule has 0 N–H and O–H groups in total. The minimum absolute atomic E-state index is 0. The van der Waals surface area contributed by atoms with Crippen LogP contribution >= 0.6 is 23.2 Å². The monoisotopic (exact) mass is 498 g/mol. The zero-order valence-corrected chi connectivity index (χ0v) is 23.2. The molecule has 1 aliphatic heterocycles. The van der Waals surface area contributed by atoms with Crippen molar-refractivity contribution in [3.05, 3.63) is 63.8 Å². The molecule has 0 bridgehead atoms. The molecule has 0 aliphatic carbocycles. The Labute approximate surface area is 228 Å². The Morgan fingerprint density at radius 3 is 2.48 bits per heavy atom. The van der Waals surface area contributed by atoms with Crippen LogP contribution in [-0.4, -0.2) is 40.9 Å². The van der Waals surface area contributed by atoms with E-state index in [1.807, 2.05) is 57.2 Å². The van der Waals surface area contributed by atoms with Crippen molar-refractivity contribution in [3.8, 4) is 5.75 Å². The van der Waals surface area contributed by atoms with E-state index in [1.165, 1.54) is 11.3 Å². The number of rotatable bonds is 4. The summed E-state index contributed by atoms with van der Waals surface area (Å²) < 4.78 is 13.8. The maximum atomic E-state index is 12.7. The number of benzene rings is 2. The molecule has 0 unspecified atom stereocenters. The SMILES string of the molecule is CC(C)(C)OC(=O)N1CCc2c(n(CCOc3ccccc3)c3cc(Cl)cc(Cl)c23)CC1.[H-].[Na+]. The van der Waals surface area contributed by atoms with Crippen molar-refractivity contribution < 1.29 is 45.3 Å². The molecule has 3 aromatic rings. The predicted octanol–water partition coefficient (Wildman–Crippen LogP) is 3.48. The van der Waals surface area contributed by atoms with Crippen molar-refractivity contribution in [1.29, 1.82) is 0 Å². The van der Waals surface area contributed by atoms with Gasteiger partial charge in [-0.25, -0.2) is 4.79 Å². The van der Waals surface area contributed by atoms with Gasteiger partial charge in [-0.3, -0.25) is 0 Å². The van der Waals surface area contributed by atoms with Gasteiger partial charge in [-0.1, -0.05) is 41.4 Å². The Kier molecular flexibility index (Phi) is 8.68. The molecule has 0 saturated heterocycles. The zero-order chi connectivity index (χ0) is 22.9. The summed E-state index contributed by atoms with van der Waals surface area (Å²) in [4.78, 5) is 14.4. The largest absolute Gasteiger partial charge is 1.00 e. The molecule has 5 nitrogen and oxygen atoms in total. The minimum atomic E-state index is -0.521. The minimum Gasteiger partial charge on any atom is -1.00 e. The zero-order valence-electron chi connectivity index (χ0n) is 20.7. The average Bonchev–Trinajstić information content (AvgIpc) is 2.86. The molecule has 0 radical (unpaired) electrons. The van der Waals surface area contributed by atoms with E-state index in [2.05, 4.69) is 4.57 Å². The Morgan fingerprint density at radius 2 is 1.79 bits per heavy atom. The number of ether oxygens (including phenoxy) is 2. The average molecular weight is 499 g/mol. The van der Waals surface area contributed by atoms with Gasteiger partial charge in [0.05, 0.1) is 17.1 Å². The molecule has 33 heavy (non-hydrogen) atoms. The molecule has 1 amide bonds. The van der Waals surface area contributed by atoms with Crippen LogP contribution in [0.15, 0.2) is 42.5 Å². The van der Waals surface area contributed by atoms with E-state index in [9.17, 15) is 4.79 Å². The van der Waals surface area contributed by atoms with Gasteiger partial charge in [0.2, 0.25) is 0 Å². The fraction of sp³-hybridized carbons (Fsp3) is 0.400. The first-order valence-electron chi connectivity index (χ1n) is 10.9. The first-order chi connectivity index (χ1) is 15.2. The third-order valence-corrected chi connectivity index (χ3v) is 6.05. The van der Waals surface area contributed by atoms with Gasteiger partial charge in [-0.05, 0) is 57.0 Å². The summed E-state index contributed by atoms with van der Waals surface area (Å²) in [6.07, 6.45) is 1.14. The molecule has 1 aromatic heterocycles. The van der Waals surface area contributed by atoms with Gasteiger partial charge < -0.3 is 20.4 Å². The van der Waals surface area contributed by atoms with Crippen LogP contribution in [-0.2, 0) is 24.1 Å². The van der Waals surface area contributed by atoms with E-state index in [4.69, 9.17) is 32.7 Å². The van der Waals surface area contributed by atoms with Crippen molar-refractivity contribution in [3.63, 3.8) is 0 Å². The summed E-state index contributed by atoms with van der Waals surface area (Å²) in [7, 11) is 0. The standard InChI is InChI=1S/C25H28Cl2N2O3.Na.H/c1-25(2,3)32-24(30)28-11-9-19-21(10-12-28)29(13-14-31-18-7-5-4-6-8-18)22-16-17(26)15-20(27)23(19)22;;/h4-8,15-16H,9-14H2,1-3H3;;/q;+1;-1. The first kappa shape index (κ1) is 26.2. The molecule has 4 rings (SSSR count). The fourth-order valence-electron chi connectivity index (χ4n) is 4.21. The molecular weight excluding hydrogens is 470 g/mol. The smallest absolute Gasteiger partial charge is 1.00 e. The Bertz CT molecular complexity index is 1130. The summed E-state index contributed by atoms with van der Waals surface area (Å²) in [5, 5.41) is 2.25. The number of hydrogen-bond acceptors (Lipinski definition) is 3. The Balaban J connectivity index is 0.00000204. The van der Waals surface area contributed by atoms with E-state index in [0.717, 1.165) is 16.7 Å². The van der Waals surface area contributed by atoms with Crippen LogP contribution in [0.5, 0.6) is 5.75 Å². The van der Waals surface area contributed by atoms with Crippen LogP contribution in [0, 0.1) is 0 Å². The number of nitrogens with zero attached hydrogens (tertiary/aromatic N) is 2. The first-order valence-corrected chi connectivity index (χ1v) is 11.6. The third-order valence-electron chi connectivity index (χ3n) is 5.53. The van der Waals surface area contributed by atoms with Gasteiger partial charge in [-0.15, -0.1) is 0 Å². The normalized spacial score (nSPS) is 13.8. The summed E-state index contributed by atoms with van der Waals surface area (Å²) in [6, 6.07) is 13.5. The van der Waals surface area contributed by atoms with Gasteiger partial charge >= 0.3 is 35.7 Å². The molecule has 0 spiro atoms. The van der Waals surface area contributed by atoms with E-state index in [-0.39, 0.29) is 37.1 Å². The number of aromatic nitrogens is 1. The van der Waals surface area contributed by atoms with Gasteiger partial charge in [-0.2, -0.15) is 0 Å². The number of fused-ring (bicyclic) bond motifs is 3. The molecule has 0 fully saturated rings. The topological polar surface area (TPSA) is 43.7 Å². The molecule has 0 saturated carbocycles. The number of para-hydroxylation sites is 1. The van der Waals surface area contributed by atoms with E-state index >= 15 is 0 Å². The third kappa shape index (κ3) is 6.20. The number of halogens is 2. The molecule has 172 valence electrons. The summed E-state index contributed by atoms with van der Waals surface area (Å²) in [5.74, 6) is 0.835. The second kappa shape index (κ2) is 10.9. The van der Waals surface area contributed by atoms with Crippen molar-refractivity contribution in [2.24, 2.45) is 0 Å². The number of hydrogen-bond donors (Lipinski definition) is 0. The van der Waals surface area contributed by atoms with Crippen LogP contribution < -0.4 is 34.3 Å². The van der Waals surface area contributed by atoms with Gasteiger partial charge in [0.25, 0.3) is 0 Å². The summed E-state index contributed by atoms with van der Waals surface area (Å²) in [6.45, 7) is 7.99. The predicted molar refractivity (Wildman–Crippen MR) is 130 cm³/mol. The Morgan fingerprint density at radius 1 is 1.09 bits per heavy atom. The van der Waals surface area contributed by atoms with Gasteiger partial charge in [0.15, 0.2) is 0 Å². The summed E-state index contributed by atoms with van der Waals surface area (Å²) in [5.41, 5.74) is 2.83. The molecule has 0 atom stereocenters. The van der Waals surface area contributed by atoms with Crippen LogP contribution in [0.1, 0.15) is 33.5 Å². The van der Waals surface area contributed by atoms with Crippen LogP contribution in [0.25, 0.3) is 10.9 Å². The summed E-state index contributed by atoms with van der Waals surface area (Å²) >= 11 is 13.0. The molecule has 1 aliphatic rings. The van der Waals surface area contributed by atoms with Crippen LogP contribution in [0.3, 0.4) is 0 Å². The van der Waals surface area contributed by atoms with Crippen molar-refractivity contribution in [2.45, 2.75) is 45.8 Å². The van der Waals surface area contributed by atoms with Crippen molar-refractivity contribution in [1.82, 2.24) is 9.47 Å². The molecule has 8 heteroatoms. The quantitative estimate of drug-likeness (QED) is 0.517. The maximum absolute atomic E-state index is 12.7. The Hall–Kier alpha value is -1.37. The molecule has 2 heterocycles. The maximum Gasteiger partial charge on any atom is 1.00 e. The molecular formula is C25H29Cl2N2NaO3. The molecule has 2 aromatic carbocycles. The fourth-order valence-corrected chi connectivity index (χ4v) is 4.81. The second-order valence-electron chi connectivity index (χ2n) is 8.99. The van der Waals surface area contributed by atoms with Crippen molar-refractivity contribution in [2.75, 3.05) is 19.7 Å². The van der Waals surface area contributed by atoms with Crippen LogP contribution in [0.4, 0.5) is 4.79 Å². The number of carbonyl (C=O) groups is 1.